The predicted molar refractivity (Wildman–Crippen MR) is 113 cm³/mol. The second-order valence-electron chi connectivity index (χ2n) is 7.35. The van der Waals surface area contributed by atoms with Gasteiger partial charge in [0.2, 0.25) is 0 Å². The second kappa shape index (κ2) is 7.75. The van der Waals surface area contributed by atoms with Gasteiger partial charge in [0.15, 0.2) is 5.76 Å². The number of primary amides is 1. The van der Waals surface area contributed by atoms with E-state index in [1.54, 1.807) is 18.2 Å². The summed E-state index contributed by atoms with van der Waals surface area (Å²) < 4.78 is 5.61. The standard InChI is InChI=1S/C21H19N3O5S/c1-11-5-6-14-17(9-11)30-21(18(14)19(22)25)23-20(26)16-8-7-15(29-16)12-3-2-4-13(10-12)24(27)28/h2-4,7-8,10-11H,5-6,9H2,1H3,(H2,22,25)(H,23,26)/t11-/m1/s1. The van der Waals surface area contributed by atoms with E-state index in [4.69, 9.17) is 10.2 Å². The number of carbonyl (C=O) groups excluding carboxylic acids is 2. The van der Waals surface area contributed by atoms with Gasteiger partial charge in [-0.15, -0.1) is 11.3 Å². The Morgan fingerprint density at radius 1 is 1.30 bits per heavy atom. The van der Waals surface area contributed by atoms with Crippen molar-refractivity contribution in [2.45, 2.75) is 26.2 Å². The van der Waals surface area contributed by atoms with Crippen molar-refractivity contribution in [3.63, 3.8) is 0 Å². The first-order valence-electron chi connectivity index (χ1n) is 9.44. The number of anilines is 1. The average molecular weight is 425 g/mol. The summed E-state index contributed by atoms with van der Waals surface area (Å²) in [6.07, 6.45) is 2.59. The Labute approximate surface area is 175 Å². The van der Waals surface area contributed by atoms with E-state index in [0.29, 0.717) is 27.8 Å². The highest BCUT2D eigenvalue weighted by Gasteiger charge is 2.28. The smallest absolute Gasteiger partial charge is 0.292 e. The van der Waals surface area contributed by atoms with Gasteiger partial charge in [-0.2, -0.15) is 0 Å². The molecule has 1 atom stereocenters. The Bertz CT molecular complexity index is 1160. The van der Waals surface area contributed by atoms with Crippen LogP contribution in [0.1, 0.15) is 44.7 Å². The molecule has 2 heterocycles. The van der Waals surface area contributed by atoms with Crippen molar-refractivity contribution in [1.82, 2.24) is 0 Å². The summed E-state index contributed by atoms with van der Waals surface area (Å²) in [6.45, 7) is 2.16. The molecule has 0 unspecified atom stereocenters. The second-order valence-corrected chi connectivity index (χ2v) is 8.45. The number of non-ortho nitro benzene ring substituents is 1. The first-order valence-corrected chi connectivity index (χ1v) is 10.3. The molecule has 30 heavy (non-hydrogen) atoms. The van der Waals surface area contributed by atoms with Gasteiger partial charge in [0.05, 0.1) is 10.5 Å². The van der Waals surface area contributed by atoms with E-state index in [2.05, 4.69) is 12.2 Å². The average Bonchev–Trinajstić information content (AvgIpc) is 3.32. The number of thiophene rings is 1. The van der Waals surface area contributed by atoms with Crippen LogP contribution < -0.4 is 11.1 Å². The molecule has 2 aromatic heterocycles. The fraction of sp³-hybridized carbons (Fsp3) is 0.238. The number of hydrogen-bond donors (Lipinski definition) is 2. The number of furan rings is 1. The van der Waals surface area contributed by atoms with Crippen molar-refractivity contribution in [2.24, 2.45) is 11.7 Å². The van der Waals surface area contributed by atoms with Crippen molar-refractivity contribution in [2.75, 3.05) is 5.32 Å². The number of hydrogen-bond acceptors (Lipinski definition) is 6. The van der Waals surface area contributed by atoms with Crippen LogP contribution in [0.25, 0.3) is 11.3 Å². The van der Waals surface area contributed by atoms with Gasteiger partial charge in [-0.3, -0.25) is 19.7 Å². The van der Waals surface area contributed by atoms with Crippen LogP contribution in [0.3, 0.4) is 0 Å². The molecular weight excluding hydrogens is 406 g/mol. The van der Waals surface area contributed by atoms with Crippen molar-refractivity contribution in [3.8, 4) is 11.3 Å². The quantitative estimate of drug-likeness (QED) is 0.463. The molecule has 2 amide bonds. The number of nitro benzene ring substituents is 1. The molecule has 1 aliphatic rings. The highest BCUT2D eigenvalue weighted by atomic mass is 32.1. The molecule has 3 N–H and O–H groups in total. The van der Waals surface area contributed by atoms with Crippen molar-refractivity contribution in [1.29, 1.82) is 0 Å². The molecule has 9 heteroatoms. The summed E-state index contributed by atoms with van der Waals surface area (Å²) in [5.41, 5.74) is 7.31. The van der Waals surface area contributed by atoms with Gasteiger partial charge < -0.3 is 15.5 Å². The van der Waals surface area contributed by atoms with E-state index >= 15 is 0 Å². The number of nitrogens with zero attached hydrogens (tertiary/aromatic N) is 1. The lowest BCUT2D eigenvalue weighted by Crippen LogP contribution is -2.19. The first-order chi connectivity index (χ1) is 14.3. The zero-order valence-corrected chi connectivity index (χ0v) is 17.0. The van der Waals surface area contributed by atoms with E-state index in [9.17, 15) is 19.7 Å². The lowest BCUT2D eigenvalue weighted by atomic mass is 9.88. The van der Waals surface area contributed by atoms with Gasteiger partial charge in [-0.1, -0.05) is 19.1 Å². The third kappa shape index (κ3) is 3.71. The molecule has 0 bridgehead atoms. The maximum atomic E-state index is 12.7. The van der Waals surface area contributed by atoms with Crippen LogP contribution in [0.2, 0.25) is 0 Å². The molecule has 0 radical (unpaired) electrons. The number of nitro groups is 1. The van der Waals surface area contributed by atoms with E-state index < -0.39 is 16.7 Å². The Morgan fingerprint density at radius 2 is 2.10 bits per heavy atom. The molecule has 1 aromatic carbocycles. The van der Waals surface area contributed by atoms with Crippen LogP contribution in [0, 0.1) is 16.0 Å². The minimum atomic E-state index is -0.561. The lowest BCUT2D eigenvalue weighted by molar-refractivity contribution is -0.384. The normalized spacial score (nSPS) is 15.4. The van der Waals surface area contributed by atoms with Gasteiger partial charge in [0.1, 0.15) is 10.8 Å². The van der Waals surface area contributed by atoms with Crippen LogP contribution in [-0.4, -0.2) is 16.7 Å². The fourth-order valence-corrected chi connectivity index (χ4v) is 5.06. The monoisotopic (exact) mass is 425 g/mol. The molecule has 0 saturated carbocycles. The van der Waals surface area contributed by atoms with Gasteiger partial charge in [0, 0.05) is 22.6 Å². The Balaban J connectivity index is 1.59. The lowest BCUT2D eigenvalue weighted by Gasteiger charge is -2.18. The molecule has 0 aliphatic heterocycles. The first kappa shape index (κ1) is 19.8. The van der Waals surface area contributed by atoms with Crippen LogP contribution in [-0.2, 0) is 12.8 Å². The Morgan fingerprint density at radius 3 is 2.83 bits per heavy atom. The topological polar surface area (TPSA) is 128 Å². The predicted octanol–water partition coefficient (Wildman–Crippen LogP) is 4.39. The van der Waals surface area contributed by atoms with Gasteiger partial charge in [-0.05, 0) is 42.9 Å². The maximum absolute atomic E-state index is 12.7. The van der Waals surface area contributed by atoms with E-state index in [1.807, 2.05) is 0 Å². The minimum absolute atomic E-state index is 0.0340. The number of benzene rings is 1. The summed E-state index contributed by atoms with van der Waals surface area (Å²) in [7, 11) is 0. The SMILES string of the molecule is C[C@@H]1CCc2c(sc(NC(=O)c3ccc(-c4cccc([N+](=O)[O-])c4)o3)c2C(N)=O)C1. The Hall–Kier alpha value is -3.46. The number of nitrogens with two attached hydrogens (primary N) is 1. The summed E-state index contributed by atoms with van der Waals surface area (Å²) in [4.78, 5) is 36.3. The van der Waals surface area contributed by atoms with Crippen LogP contribution in [0.5, 0.6) is 0 Å². The third-order valence-corrected chi connectivity index (χ3v) is 6.33. The Kier molecular flexibility index (Phi) is 5.13. The van der Waals surface area contributed by atoms with Crippen LogP contribution >= 0.6 is 11.3 Å². The number of fused-ring (bicyclic) bond motifs is 1. The van der Waals surface area contributed by atoms with Gasteiger partial charge >= 0.3 is 0 Å². The maximum Gasteiger partial charge on any atom is 0.292 e. The van der Waals surface area contributed by atoms with E-state index in [1.165, 1.54) is 29.5 Å². The van der Waals surface area contributed by atoms with Gasteiger partial charge in [-0.25, -0.2) is 0 Å². The summed E-state index contributed by atoms with van der Waals surface area (Å²) in [6, 6.07) is 9.03. The number of rotatable bonds is 5. The molecule has 8 nitrogen and oxygen atoms in total. The van der Waals surface area contributed by atoms with Crippen molar-refractivity contribution in [3.05, 3.63) is 68.3 Å². The molecule has 0 spiro atoms. The number of nitrogens with one attached hydrogen (secondary N) is 1. The minimum Gasteiger partial charge on any atom is -0.451 e. The molecular formula is C21H19N3O5S. The largest absolute Gasteiger partial charge is 0.451 e. The number of amides is 2. The zero-order chi connectivity index (χ0) is 21.4. The summed E-state index contributed by atoms with van der Waals surface area (Å²) >= 11 is 1.38. The number of carbonyl (C=O) groups is 2. The van der Waals surface area contributed by atoms with E-state index in [0.717, 1.165) is 29.7 Å². The molecule has 3 aromatic rings. The fourth-order valence-electron chi connectivity index (χ4n) is 3.65. The molecule has 0 fully saturated rings. The van der Waals surface area contributed by atoms with Gasteiger partial charge in [0.25, 0.3) is 17.5 Å². The van der Waals surface area contributed by atoms with Crippen molar-refractivity contribution >= 4 is 33.8 Å². The zero-order valence-electron chi connectivity index (χ0n) is 16.1. The third-order valence-electron chi connectivity index (χ3n) is 5.16. The molecule has 4 rings (SSSR count). The molecule has 154 valence electrons. The van der Waals surface area contributed by atoms with Crippen molar-refractivity contribution < 1.29 is 18.9 Å². The van der Waals surface area contributed by atoms with Crippen LogP contribution in [0.15, 0.2) is 40.8 Å². The summed E-state index contributed by atoms with van der Waals surface area (Å²) in [5.74, 6) is -0.192. The highest BCUT2D eigenvalue weighted by Crippen LogP contribution is 2.39. The van der Waals surface area contributed by atoms with Crippen LogP contribution in [0.4, 0.5) is 10.7 Å². The summed E-state index contributed by atoms with van der Waals surface area (Å²) in [5, 5.41) is 14.1. The highest BCUT2D eigenvalue weighted by molar-refractivity contribution is 7.17. The van der Waals surface area contributed by atoms with E-state index in [-0.39, 0.29) is 11.4 Å². The molecule has 0 saturated heterocycles. The molecule has 1 aliphatic carbocycles.